The second-order valence-corrected chi connectivity index (χ2v) is 5.72. The maximum atomic E-state index is 3.43. The van der Waals surface area contributed by atoms with Gasteiger partial charge in [0.25, 0.3) is 0 Å². The fraction of sp³-hybridized carbons (Fsp3) is 0.333. The van der Waals surface area contributed by atoms with Gasteiger partial charge >= 0.3 is 0 Å². The van der Waals surface area contributed by atoms with Crippen LogP contribution in [-0.2, 0) is 6.42 Å². The number of rotatable bonds is 4. The third-order valence-corrected chi connectivity index (χ3v) is 4.29. The second kappa shape index (κ2) is 5.48. The van der Waals surface area contributed by atoms with Gasteiger partial charge in [0, 0.05) is 15.8 Å². The van der Waals surface area contributed by atoms with Crippen molar-refractivity contribution < 1.29 is 0 Å². The van der Waals surface area contributed by atoms with Gasteiger partial charge in [-0.3, -0.25) is 0 Å². The molecule has 0 fully saturated rings. The Morgan fingerprint density at radius 1 is 1.18 bits per heavy atom. The molecular formula is C15H19NS. The van der Waals surface area contributed by atoms with Crippen molar-refractivity contribution in [2.75, 3.05) is 7.05 Å². The average Bonchev–Trinajstić information content (AvgIpc) is 2.67. The molecule has 17 heavy (non-hydrogen) atoms. The average molecular weight is 245 g/mol. The molecule has 0 bridgehead atoms. The van der Waals surface area contributed by atoms with Gasteiger partial charge in [-0.1, -0.05) is 30.3 Å². The van der Waals surface area contributed by atoms with Gasteiger partial charge in [-0.25, -0.2) is 0 Å². The zero-order valence-corrected chi connectivity index (χ0v) is 11.5. The summed E-state index contributed by atoms with van der Waals surface area (Å²) in [5.74, 6) is 0. The second-order valence-electron chi connectivity index (χ2n) is 4.44. The van der Waals surface area contributed by atoms with E-state index in [-0.39, 0.29) is 0 Å². The van der Waals surface area contributed by atoms with Crippen LogP contribution >= 0.6 is 11.3 Å². The van der Waals surface area contributed by atoms with Crippen molar-refractivity contribution in [2.24, 2.45) is 0 Å². The van der Waals surface area contributed by atoms with E-state index in [1.54, 1.807) is 0 Å². The van der Waals surface area contributed by atoms with Gasteiger partial charge in [0.1, 0.15) is 0 Å². The Balaban J connectivity index is 2.20. The molecule has 2 heteroatoms. The first-order valence-corrected chi connectivity index (χ1v) is 6.80. The lowest BCUT2D eigenvalue weighted by atomic mass is 10.0. The summed E-state index contributed by atoms with van der Waals surface area (Å²) >= 11 is 1.90. The molecule has 1 aromatic heterocycles. The Morgan fingerprint density at radius 2 is 1.88 bits per heavy atom. The molecule has 1 heterocycles. The van der Waals surface area contributed by atoms with Gasteiger partial charge in [0.05, 0.1) is 0 Å². The zero-order chi connectivity index (χ0) is 12.3. The molecule has 90 valence electrons. The minimum absolute atomic E-state index is 0.427. The lowest BCUT2D eigenvalue weighted by Gasteiger charge is -2.16. The molecule has 1 unspecified atom stereocenters. The summed E-state index contributed by atoms with van der Waals surface area (Å²) in [6, 6.07) is 13.4. The van der Waals surface area contributed by atoms with Crippen LogP contribution in [-0.4, -0.2) is 7.05 Å². The number of benzene rings is 1. The highest BCUT2D eigenvalue weighted by atomic mass is 32.1. The predicted octanol–water partition coefficient (Wildman–Crippen LogP) is 3.87. The predicted molar refractivity (Wildman–Crippen MR) is 75.7 cm³/mol. The number of thiophene rings is 1. The van der Waals surface area contributed by atoms with Crippen LogP contribution in [0.1, 0.15) is 26.9 Å². The highest BCUT2D eigenvalue weighted by Crippen LogP contribution is 2.29. The molecule has 1 aromatic carbocycles. The van der Waals surface area contributed by atoms with Crippen molar-refractivity contribution in [1.82, 2.24) is 5.32 Å². The fourth-order valence-corrected chi connectivity index (χ4v) is 3.33. The van der Waals surface area contributed by atoms with E-state index in [0.717, 1.165) is 6.42 Å². The highest BCUT2D eigenvalue weighted by molar-refractivity contribution is 7.12. The summed E-state index contributed by atoms with van der Waals surface area (Å²) < 4.78 is 0. The molecule has 0 amide bonds. The molecule has 2 rings (SSSR count). The van der Waals surface area contributed by atoms with Gasteiger partial charge in [0.15, 0.2) is 0 Å². The molecule has 0 aliphatic carbocycles. The summed E-state index contributed by atoms with van der Waals surface area (Å²) in [5.41, 5.74) is 2.79. The van der Waals surface area contributed by atoms with Crippen LogP contribution in [0.5, 0.6) is 0 Å². The van der Waals surface area contributed by atoms with Crippen molar-refractivity contribution in [1.29, 1.82) is 0 Å². The third-order valence-electron chi connectivity index (χ3n) is 3.03. The number of hydrogen-bond donors (Lipinski definition) is 1. The van der Waals surface area contributed by atoms with E-state index in [0.29, 0.717) is 6.04 Å². The number of hydrogen-bond acceptors (Lipinski definition) is 2. The fourth-order valence-electron chi connectivity index (χ4n) is 2.18. The molecule has 0 saturated heterocycles. The normalized spacial score (nSPS) is 12.6. The topological polar surface area (TPSA) is 12.0 Å². The Labute approximate surface area is 108 Å². The summed E-state index contributed by atoms with van der Waals surface area (Å²) in [7, 11) is 2.04. The summed E-state index contributed by atoms with van der Waals surface area (Å²) in [6.07, 6.45) is 1.05. The molecule has 0 aliphatic heterocycles. The molecule has 1 N–H and O–H groups in total. The standard InChI is InChI=1S/C15H19NS/c1-11-9-12(2)17-15(11)14(16-3)10-13-7-5-4-6-8-13/h4-9,14,16H,10H2,1-3H3. The minimum atomic E-state index is 0.427. The van der Waals surface area contributed by atoms with E-state index in [1.165, 1.54) is 20.9 Å². The van der Waals surface area contributed by atoms with E-state index in [9.17, 15) is 0 Å². The first-order chi connectivity index (χ1) is 8.20. The van der Waals surface area contributed by atoms with E-state index in [1.807, 2.05) is 18.4 Å². The lowest BCUT2D eigenvalue weighted by Crippen LogP contribution is -2.18. The number of aryl methyl sites for hydroxylation is 2. The van der Waals surface area contributed by atoms with Crippen LogP contribution in [0.3, 0.4) is 0 Å². The Morgan fingerprint density at radius 3 is 2.41 bits per heavy atom. The SMILES string of the molecule is CNC(Cc1ccccc1)c1sc(C)cc1C. The van der Waals surface area contributed by atoms with Gasteiger partial charge in [-0.2, -0.15) is 0 Å². The van der Waals surface area contributed by atoms with Crippen molar-refractivity contribution in [3.63, 3.8) is 0 Å². The van der Waals surface area contributed by atoms with Crippen LogP contribution in [0.2, 0.25) is 0 Å². The molecule has 2 aromatic rings. The van der Waals surface area contributed by atoms with Crippen LogP contribution < -0.4 is 5.32 Å². The third kappa shape index (κ3) is 2.96. The van der Waals surface area contributed by atoms with Gasteiger partial charge in [-0.05, 0) is 44.5 Å². The van der Waals surface area contributed by atoms with Crippen LogP contribution in [0.15, 0.2) is 36.4 Å². The Hall–Kier alpha value is -1.12. The molecule has 1 atom stereocenters. The van der Waals surface area contributed by atoms with Crippen molar-refractivity contribution >= 4 is 11.3 Å². The minimum Gasteiger partial charge on any atom is -0.312 e. The molecule has 0 aliphatic rings. The molecule has 0 radical (unpaired) electrons. The van der Waals surface area contributed by atoms with Gasteiger partial charge in [-0.15, -0.1) is 11.3 Å². The summed E-state index contributed by atoms with van der Waals surface area (Å²) in [5, 5.41) is 3.43. The highest BCUT2D eigenvalue weighted by Gasteiger charge is 2.14. The molecule has 0 spiro atoms. The molecule has 1 nitrogen and oxygen atoms in total. The quantitative estimate of drug-likeness (QED) is 0.862. The zero-order valence-electron chi connectivity index (χ0n) is 10.7. The van der Waals surface area contributed by atoms with E-state index in [2.05, 4.69) is 55.6 Å². The van der Waals surface area contributed by atoms with Crippen LogP contribution in [0, 0.1) is 13.8 Å². The molecule has 0 saturated carbocycles. The van der Waals surface area contributed by atoms with E-state index in [4.69, 9.17) is 0 Å². The first-order valence-electron chi connectivity index (χ1n) is 5.99. The number of nitrogens with one attached hydrogen (secondary N) is 1. The summed E-state index contributed by atoms with van der Waals surface area (Å²) in [4.78, 5) is 2.86. The Bertz CT molecular complexity index is 473. The van der Waals surface area contributed by atoms with E-state index < -0.39 is 0 Å². The van der Waals surface area contributed by atoms with E-state index >= 15 is 0 Å². The van der Waals surface area contributed by atoms with Crippen molar-refractivity contribution in [3.8, 4) is 0 Å². The van der Waals surface area contributed by atoms with Crippen molar-refractivity contribution in [2.45, 2.75) is 26.3 Å². The monoisotopic (exact) mass is 245 g/mol. The molecular weight excluding hydrogens is 226 g/mol. The van der Waals surface area contributed by atoms with Crippen LogP contribution in [0.25, 0.3) is 0 Å². The maximum absolute atomic E-state index is 3.43. The van der Waals surface area contributed by atoms with Crippen LogP contribution in [0.4, 0.5) is 0 Å². The van der Waals surface area contributed by atoms with Crippen molar-refractivity contribution in [3.05, 3.63) is 57.3 Å². The Kier molecular flexibility index (Phi) is 3.97. The maximum Gasteiger partial charge on any atom is 0.0456 e. The smallest absolute Gasteiger partial charge is 0.0456 e. The van der Waals surface area contributed by atoms with Gasteiger partial charge in [0.2, 0.25) is 0 Å². The largest absolute Gasteiger partial charge is 0.312 e. The summed E-state index contributed by atoms with van der Waals surface area (Å²) in [6.45, 7) is 4.38. The first kappa shape index (κ1) is 12.3. The number of likely N-dealkylation sites (N-methyl/N-ethyl adjacent to an activating group) is 1. The lowest BCUT2D eigenvalue weighted by molar-refractivity contribution is 0.599. The van der Waals surface area contributed by atoms with Gasteiger partial charge < -0.3 is 5.32 Å².